The van der Waals surface area contributed by atoms with Crippen molar-refractivity contribution in [3.05, 3.63) is 35.0 Å². The molecular weight excluding hydrogens is 260 g/mol. The first-order chi connectivity index (χ1) is 9.59. The number of Topliss-reactive ketones (excluding diaryl/α,β-unsaturated/α-hetero) is 1. The summed E-state index contributed by atoms with van der Waals surface area (Å²) in [5.41, 5.74) is 0.0600. The first-order valence-corrected chi connectivity index (χ1v) is 6.41. The zero-order valence-corrected chi connectivity index (χ0v) is 10.7. The van der Waals surface area contributed by atoms with Gasteiger partial charge in [0.05, 0.1) is 16.8 Å². The molecule has 20 heavy (non-hydrogen) atoms. The predicted octanol–water partition coefficient (Wildman–Crippen LogP) is 0.266. The molecule has 6 nitrogen and oxygen atoms in total. The van der Waals surface area contributed by atoms with E-state index in [-0.39, 0.29) is 28.3 Å². The maximum absolute atomic E-state index is 12.5. The van der Waals surface area contributed by atoms with Crippen molar-refractivity contribution in [2.24, 2.45) is 0 Å². The van der Waals surface area contributed by atoms with Crippen molar-refractivity contribution in [3.8, 4) is 11.5 Å². The Morgan fingerprint density at radius 1 is 1.00 bits per heavy atom. The summed E-state index contributed by atoms with van der Waals surface area (Å²) < 4.78 is 0. The van der Waals surface area contributed by atoms with Crippen LogP contribution in [-0.4, -0.2) is 52.9 Å². The molecule has 3 N–H and O–H groups in total. The summed E-state index contributed by atoms with van der Waals surface area (Å²) in [5, 5.41) is 22.7. The molecule has 0 unspecified atom stereocenters. The number of fused-ring (bicyclic) bond motifs is 1. The first-order valence-electron chi connectivity index (χ1n) is 6.41. The van der Waals surface area contributed by atoms with Gasteiger partial charge in [0.2, 0.25) is 5.78 Å². The Morgan fingerprint density at radius 3 is 2.25 bits per heavy atom. The van der Waals surface area contributed by atoms with Gasteiger partial charge in [-0.25, -0.2) is 0 Å². The van der Waals surface area contributed by atoms with Crippen molar-refractivity contribution in [1.82, 2.24) is 10.2 Å². The average molecular weight is 274 g/mol. The lowest BCUT2D eigenvalue weighted by atomic mass is 9.90. The lowest BCUT2D eigenvalue weighted by Gasteiger charge is -2.32. The lowest BCUT2D eigenvalue weighted by Crippen LogP contribution is -2.45. The molecule has 0 radical (unpaired) electrons. The number of benzene rings is 1. The lowest BCUT2D eigenvalue weighted by molar-refractivity contribution is 0.0941. The van der Waals surface area contributed by atoms with Gasteiger partial charge in [0.1, 0.15) is 11.5 Å². The highest BCUT2D eigenvalue weighted by molar-refractivity contribution is 6.26. The minimum Gasteiger partial charge on any atom is -0.507 e. The molecule has 0 amide bonds. The van der Waals surface area contributed by atoms with Crippen LogP contribution in [0.15, 0.2) is 23.9 Å². The van der Waals surface area contributed by atoms with Crippen LogP contribution >= 0.6 is 0 Å². The van der Waals surface area contributed by atoms with Crippen molar-refractivity contribution < 1.29 is 19.8 Å². The second kappa shape index (κ2) is 4.64. The van der Waals surface area contributed by atoms with E-state index >= 15 is 0 Å². The molecule has 6 heteroatoms. The maximum atomic E-state index is 12.5. The molecule has 1 heterocycles. The van der Waals surface area contributed by atoms with Gasteiger partial charge in [-0.2, -0.15) is 0 Å². The van der Waals surface area contributed by atoms with E-state index in [2.05, 4.69) is 5.32 Å². The number of nitrogens with zero attached hydrogens (tertiary/aromatic N) is 1. The minimum atomic E-state index is -0.457. The molecule has 104 valence electrons. The Balaban J connectivity index is 2.08. The molecule has 2 aliphatic rings. The van der Waals surface area contributed by atoms with Gasteiger partial charge in [-0.15, -0.1) is 0 Å². The monoisotopic (exact) mass is 274 g/mol. The van der Waals surface area contributed by atoms with Gasteiger partial charge in [0, 0.05) is 32.3 Å². The number of nitrogens with one attached hydrogen (secondary N) is 1. The Hall–Kier alpha value is -2.34. The number of phenolic OH excluding ortho intramolecular Hbond substituents is 2. The van der Waals surface area contributed by atoms with Crippen molar-refractivity contribution in [3.63, 3.8) is 0 Å². The normalized spacial score (nSPS) is 18.8. The highest BCUT2D eigenvalue weighted by Gasteiger charge is 2.33. The van der Waals surface area contributed by atoms with Gasteiger partial charge in [0.25, 0.3) is 0 Å². The predicted molar refractivity (Wildman–Crippen MR) is 71.0 cm³/mol. The summed E-state index contributed by atoms with van der Waals surface area (Å²) in [4.78, 5) is 26.4. The number of ketones is 2. The van der Waals surface area contributed by atoms with E-state index in [4.69, 9.17) is 0 Å². The standard InChI is InChI=1S/C14H14N2O4/c17-9-1-2-10(18)13-12(9)11(19)7-8(14(13)20)16-5-3-15-4-6-16/h1-2,7,15,17-18H,3-6H2. The van der Waals surface area contributed by atoms with Crippen LogP contribution in [0.25, 0.3) is 0 Å². The van der Waals surface area contributed by atoms with Crippen LogP contribution in [-0.2, 0) is 0 Å². The summed E-state index contributed by atoms with van der Waals surface area (Å²) in [6.07, 6.45) is 1.25. The van der Waals surface area contributed by atoms with Gasteiger partial charge >= 0.3 is 0 Å². The number of hydrogen-bond donors (Lipinski definition) is 3. The molecular formula is C14H14N2O4. The van der Waals surface area contributed by atoms with E-state index in [0.717, 1.165) is 13.1 Å². The second-order valence-electron chi connectivity index (χ2n) is 4.81. The van der Waals surface area contributed by atoms with Crippen LogP contribution in [0.4, 0.5) is 0 Å². The second-order valence-corrected chi connectivity index (χ2v) is 4.81. The number of hydrogen-bond acceptors (Lipinski definition) is 6. The summed E-state index contributed by atoms with van der Waals surface area (Å²) >= 11 is 0. The van der Waals surface area contributed by atoms with Gasteiger partial charge in [-0.1, -0.05) is 0 Å². The van der Waals surface area contributed by atoms with Crippen molar-refractivity contribution in [2.75, 3.05) is 26.2 Å². The highest BCUT2D eigenvalue weighted by atomic mass is 16.3. The third-order valence-corrected chi connectivity index (χ3v) is 3.59. The molecule has 3 rings (SSSR count). The summed E-state index contributed by atoms with van der Waals surface area (Å²) in [6.45, 7) is 2.72. The molecule has 0 atom stereocenters. The Morgan fingerprint density at radius 2 is 1.60 bits per heavy atom. The minimum absolute atomic E-state index is 0.106. The fraction of sp³-hybridized carbons (Fsp3) is 0.286. The number of carbonyl (C=O) groups is 2. The van der Waals surface area contributed by atoms with Gasteiger partial charge in [0.15, 0.2) is 5.78 Å². The Bertz CT molecular complexity index is 630. The summed E-state index contributed by atoms with van der Waals surface area (Å²) in [7, 11) is 0. The van der Waals surface area contributed by atoms with Gasteiger partial charge < -0.3 is 20.4 Å². The number of phenols is 2. The molecule has 0 aromatic heterocycles. The van der Waals surface area contributed by atoms with E-state index in [0.29, 0.717) is 13.1 Å². The number of rotatable bonds is 1. The number of carbonyl (C=O) groups excluding carboxylic acids is 2. The van der Waals surface area contributed by atoms with Crippen molar-refractivity contribution in [1.29, 1.82) is 0 Å². The molecule has 1 saturated heterocycles. The van der Waals surface area contributed by atoms with Gasteiger partial charge in [-0.3, -0.25) is 9.59 Å². The van der Waals surface area contributed by atoms with E-state index < -0.39 is 11.6 Å². The van der Waals surface area contributed by atoms with E-state index in [1.54, 1.807) is 0 Å². The van der Waals surface area contributed by atoms with Crippen molar-refractivity contribution >= 4 is 11.6 Å². The molecule has 1 aliphatic carbocycles. The average Bonchev–Trinajstić information content (AvgIpc) is 2.46. The van der Waals surface area contributed by atoms with Crippen LogP contribution in [0.1, 0.15) is 20.7 Å². The Labute approximate surface area is 115 Å². The van der Waals surface area contributed by atoms with Crippen LogP contribution in [0.5, 0.6) is 11.5 Å². The van der Waals surface area contributed by atoms with Crippen LogP contribution in [0.2, 0.25) is 0 Å². The molecule has 1 aromatic carbocycles. The maximum Gasteiger partial charge on any atom is 0.213 e. The first kappa shape index (κ1) is 12.7. The van der Waals surface area contributed by atoms with E-state index in [9.17, 15) is 19.8 Å². The fourth-order valence-electron chi connectivity index (χ4n) is 2.59. The number of allylic oxidation sites excluding steroid dienone is 2. The number of aromatic hydroxyl groups is 2. The zero-order valence-electron chi connectivity index (χ0n) is 10.7. The smallest absolute Gasteiger partial charge is 0.213 e. The zero-order chi connectivity index (χ0) is 14.3. The SMILES string of the molecule is O=C1C=C(N2CCNCC2)C(=O)c2c(O)ccc(O)c21. The molecule has 0 saturated carbocycles. The molecule has 1 aliphatic heterocycles. The molecule has 1 fully saturated rings. The third-order valence-electron chi connectivity index (χ3n) is 3.59. The molecule has 1 aromatic rings. The fourth-order valence-corrected chi connectivity index (χ4v) is 2.59. The van der Waals surface area contributed by atoms with Crippen LogP contribution in [0, 0.1) is 0 Å². The number of piperazine rings is 1. The highest BCUT2D eigenvalue weighted by Crippen LogP contribution is 2.35. The van der Waals surface area contributed by atoms with Gasteiger partial charge in [-0.05, 0) is 12.1 Å². The van der Waals surface area contributed by atoms with Crippen molar-refractivity contribution in [2.45, 2.75) is 0 Å². The largest absolute Gasteiger partial charge is 0.507 e. The summed E-state index contributed by atoms with van der Waals surface area (Å²) in [5.74, 6) is -1.44. The molecule has 0 bridgehead atoms. The van der Waals surface area contributed by atoms with E-state index in [1.807, 2.05) is 4.90 Å². The summed E-state index contributed by atoms with van der Waals surface area (Å²) in [6, 6.07) is 2.43. The third kappa shape index (κ3) is 1.85. The molecule has 0 spiro atoms. The Kier molecular flexibility index (Phi) is 2.94. The van der Waals surface area contributed by atoms with Crippen LogP contribution in [0.3, 0.4) is 0 Å². The topological polar surface area (TPSA) is 89.9 Å². The van der Waals surface area contributed by atoms with Crippen LogP contribution < -0.4 is 5.32 Å². The quantitative estimate of drug-likeness (QED) is 0.637. The van der Waals surface area contributed by atoms with E-state index in [1.165, 1.54) is 18.2 Å².